The highest BCUT2D eigenvalue weighted by atomic mass is 32.3. The first kappa shape index (κ1) is 46.7. The number of carbonyl (C=O) groups is 6. The number of thioether (sulfide) groups is 1. The number of hydrogen-bond acceptors (Lipinski definition) is 12. The lowest BCUT2D eigenvalue weighted by Gasteiger charge is -2.24. The van der Waals surface area contributed by atoms with E-state index in [2.05, 4.69) is 46.6 Å². The minimum absolute atomic E-state index is 0.0353. The number of unbranched alkanes of at least 4 members (excludes halogenated alkanes) is 4. The Balaban J connectivity index is 2.69. The molecule has 1 rings (SSSR count). The summed E-state index contributed by atoms with van der Waals surface area (Å²) in [4.78, 5) is 79.2. The molecule has 0 aromatic carbocycles. The summed E-state index contributed by atoms with van der Waals surface area (Å²) in [6.45, 7) is 8.70. The number of allylic oxidation sites excluding steroid dienone is 2. The molecule has 1 aromatic rings. The van der Waals surface area contributed by atoms with Crippen LogP contribution in [0.15, 0.2) is 29.3 Å². The van der Waals surface area contributed by atoms with E-state index < -0.39 is 58.1 Å². The van der Waals surface area contributed by atoms with Crippen LogP contribution in [0.25, 0.3) is 0 Å². The van der Waals surface area contributed by atoms with Crippen LogP contribution in [0, 0.1) is 0 Å². The van der Waals surface area contributed by atoms with Gasteiger partial charge in [0, 0.05) is 23.3 Å². The third kappa shape index (κ3) is 23.2. The molecule has 294 valence electrons. The van der Waals surface area contributed by atoms with Gasteiger partial charge in [0.25, 0.3) is 11.8 Å². The minimum Gasteiger partial charge on any atom is -0.465 e. The molecule has 0 radical (unpaired) electrons. The van der Waals surface area contributed by atoms with E-state index in [-0.39, 0.29) is 36.1 Å². The first-order valence-electron chi connectivity index (χ1n) is 17.4. The van der Waals surface area contributed by atoms with E-state index in [1.54, 1.807) is 32.9 Å². The average molecular weight is 787 g/mol. The molecule has 1 aromatic heterocycles. The first-order chi connectivity index (χ1) is 24.4. The Kier molecular flexibility index (Phi) is 22.2. The fourth-order valence-corrected chi connectivity index (χ4v) is 6.14. The molecule has 13 nitrogen and oxygen atoms in total. The molecule has 52 heavy (non-hydrogen) atoms. The average Bonchev–Trinajstić information content (AvgIpc) is 3.52. The number of carbonyl (C=O) groups excluding carboxylic acids is 6. The van der Waals surface area contributed by atoms with Crippen LogP contribution in [0.1, 0.15) is 101 Å². The number of nitrogens with one attached hydrogen (secondary N) is 3. The number of aromatic nitrogens is 1. The van der Waals surface area contributed by atoms with E-state index in [1.165, 1.54) is 36.6 Å². The maximum Gasteiger partial charge on any atom is 0.408 e. The van der Waals surface area contributed by atoms with Gasteiger partial charge in [0.1, 0.15) is 34.6 Å². The molecule has 0 spiro atoms. The Labute approximate surface area is 318 Å². The van der Waals surface area contributed by atoms with E-state index in [0.29, 0.717) is 23.6 Å². The Hall–Kier alpha value is -3.37. The van der Waals surface area contributed by atoms with Crippen molar-refractivity contribution in [2.75, 3.05) is 43.4 Å². The molecule has 0 aliphatic rings. The summed E-state index contributed by atoms with van der Waals surface area (Å²) in [5, 5.41) is 9.54. The van der Waals surface area contributed by atoms with Crippen LogP contribution in [0.3, 0.4) is 0 Å². The van der Waals surface area contributed by atoms with Crippen molar-refractivity contribution in [3.8, 4) is 0 Å². The molecule has 0 aliphatic heterocycles. The first-order valence-corrected chi connectivity index (χ1v) is 22.3. The van der Waals surface area contributed by atoms with Crippen molar-refractivity contribution < 1.29 is 43.0 Å². The number of thiazole rings is 1. The fourth-order valence-electron chi connectivity index (χ4n) is 4.07. The van der Waals surface area contributed by atoms with Gasteiger partial charge in [-0.25, -0.2) is 19.8 Å². The van der Waals surface area contributed by atoms with Crippen LogP contribution in [0.2, 0.25) is 0 Å². The lowest BCUT2D eigenvalue weighted by atomic mass is 10.1. The molecule has 0 unspecified atom stereocenters. The van der Waals surface area contributed by atoms with Crippen molar-refractivity contribution in [2.24, 2.45) is 0 Å². The quantitative estimate of drug-likeness (QED) is 0.0388. The summed E-state index contributed by atoms with van der Waals surface area (Å²) in [7, 11) is -0.861. The van der Waals surface area contributed by atoms with Crippen molar-refractivity contribution in [1.82, 2.24) is 20.9 Å². The van der Waals surface area contributed by atoms with Gasteiger partial charge in [-0.3, -0.25) is 24.0 Å². The van der Waals surface area contributed by atoms with Gasteiger partial charge in [0.05, 0.1) is 19.6 Å². The van der Waals surface area contributed by atoms with Crippen LogP contribution in [0.5, 0.6) is 0 Å². The van der Waals surface area contributed by atoms with Gasteiger partial charge < -0.3 is 30.2 Å². The van der Waals surface area contributed by atoms with E-state index >= 15 is 0 Å². The topological polar surface area (TPSA) is 179 Å². The third-order valence-electron chi connectivity index (χ3n) is 6.73. The number of amides is 3. The second-order valence-corrected chi connectivity index (χ2v) is 20.4. The summed E-state index contributed by atoms with van der Waals surface area (Å²) >= 11 is 2.41. The Bertz CT molecular complexity index is 1380. The highest BCUT2D eigenvalue weighted by Gasteiger charge is 2.21. The molecular weight excluding hydrogens is 729 g/mol. The highest BCUT2D eigenvalue weighted by Crippen LogP contribution is 2.33. The largest absolute Gasteiger partial charge is 0.465 e. The molecule has 3 amide bonds. The summed E-state index contributed by atoms with van der Waals surface area (Å²) in [5.41, 5.74) is -0.742. The van der Waals surface area contributed by atoms with E-state index in [9.17, 15) is 28.8 Å². The predicted molar refractivity (Wildman–Crippen MR) is 210 cm³/mol. The predicted octanol–water partition coefficient (Wildman–Crippen LogP) is 6.02. The maximum absolute atomic E-state index is 12.8. The summed E-state index contributed by atoms with van der Waals surface area (Å²) in [6, 6.07) is 0. The Morgan fingerprint density at radius 1 is 1.02 bits per heavy atom. The lowest BCUT2D eigenvalue weighted by Crippen LogP contribution is -2.38. The monoisotopic (exact) mass is 786 g/mol. The van der Waals surface area contributed by atoms with Gasteiger partial charge >= 0.3 is 18.0 Å². The van der Waals surface area contributed by atoms with Gasteiger partial charge in [0.2, 0.25) is 0 Å². The van der Waals surface area contributed by atoms with Gasteiger partial charge in [-0.05, 0) is 65.4 Å². The van der Waals surface area contributed by atoms with Crippen molar-refractivity contribution in [1.29, 1.82) is 0 Å². The summed E-state index contributed by atoms with van der Waals surface area (Å²) in [5.74, 6) is -1.41. The zero-order valence-electron chi connectivity index (χ0n) is 31.9. The summed E-state index contributed by atoms with van der Waals surface area (Å²) < 4.78 is 16.1. The van der Waals surface area contributed by atoms with Gasteiger partial charge in [-0.2, -0.15) is 0 Å². The molecule has 0 saturated heterocycles. The Morgan fingerprint density at radius 2 is 1.73 bits per heavy atom. The lowest BCUT2D eigenvalue weighted by molar-refractivity contribution is -0.152. The number of nitrogens with zero attached hydrogens (tertiary/aromatic N) is 1. The molecule has 1 atom stereocenters. The zero-order valence-corrected chi connectivity index (χ0v) is 34.4. The SMILES string of the molecule is C/C=C(\NC(=O)c1csc(CNC(=O)OC(C)(C)C)n1)C(=O)NCC(=O)O[C@H](/C=C/CCSC(=O)CCCCCCC)CC(=O)OCCS(C)(C)C. The number of esters is 2. The highest BCUT2D eigenvalue weighted by molar-refractivity contribution is 8.32. The van der Waals surface area contributed by atoms with E-state index in [4.69, 9.17) is 14.2 Å². The van der Waals surface area contributed by atoms with Crippen LogP contribution in [0.4, 0.5) is 4.79 Å². The minimum atomic E-state index is -0.942. The van der Waals surface area contributed by atoms with Crippen LogP contribution in [-0.2, 0) is 39.9 Å². The van der Waals surface area contributed by atoms with Crippen molar-refractivity contribution in [3.05, 3.63) is 40.0 Å². The fraction of sp³-hybridized carbons (Fsp3) is 0.639. The molecule has 0 fully saturated rings. The molecule has 16 heteroatoms. The Morgan fingerprint density at radius 3 is 2.38 bits per heavy atom. The van der Waals surface area contributed by atoms with Crippen LogP contribution < -0.4 is 16.0 Å². The number of alkyl carbamates (subject to hydrolysis) is 1. The number of hydrogen-bond donors (Lipinski definition) is 3. The molecule has 0 saturated carbocycles. The number of rotatable bonds is 23. The van der Waals surface area contributed by atoms with Gasteiger partial charge in [0.15, 0.2) is 5.12 Å². The second kappa shape index (κ2) is 24.8. The van der Waals surface area contributed by atoms with Crippen LogP contribution in [-0.4, -0.2) is 95.1 Å². The molecule has 1 heterocycles. The van der Waals surface area contributed by atoms with Gasteiger partial charge in [-0.15, -0.1) is 11.3 Å². The van der Waals surface area contributed by atoms with Crippen molar-refractivity contribution in [2.45, 2.75) is 104 Å². The second-order valence-electron chi connectivity index (χ2n) is 13.7. The van der Waals surface area contributed by atoms with E-state index in [1.807, 2.05) is 0 Å². The molecule has 3 N–H and O–H groups in total. The summed E-state index contributed by atoms with van der Waals surface area (Å²) in [6.07, 6.45) is 15.8. The molecular formula is C36H58N4O9S3. The molecule has 0 aliphatic carbocycles. The van der Waals surface area contributed by atoms with Crippen LogP contribution >= 0.6 is 33.1 Å². The molecule has 0 bridgehead atoms. The van der Waals surface area contributed by atoms with E-state index in [0.717, 1.165) is 42.8 Å². The third-order valence-corrected chi connectivity index (χ3v) is 9.94. The standard InChI is InChI=1S/C36H58N4O9S3/c1-9-11-12-13-14-18-32(43)50-20-16-15-17-26(22-30(41)47-19-21-52(6,7)8)48-31(42)24-37-33(44)27(10-2)40-34(45)28-25-51-29(39-28)23-38-35(46)49-36(3,4)5/h10,15,17,25-26H,9,11-14,16,18-24H2,1-8H3,(H,37,44)(H,38,46)(H,40,45)/b17-15+,27-10-/t26-/m1/s1. The zero-order chi connectivity index (χ0) is 39.2. The number of ether oxygens (including phenoxy) is 3. The van der Waals surface area contributed by atoms with Gasteiger partial charge in [-0.1, -0.05) is 56.5 Å². The normalized spacial score (nSPS) is 12.9. The smallest absolute Gasteiger partial charge is 0.408 e. The van der Waals surface area contributed by atoms with Crippen molar-refractivity contribution >= 4 is 68.1 Å². The maximum atomic E-state index is 12.8. The van der Waals surface area contributed by atoms with Crippen molar-refractivity contribution in [3.63, 3.8) is 0 Å².